The summed E-state index contributed by atoms with van der Waals surface area (Å²) in [6, 6.07) is 12.1. The van der Waals surface area contributed by atoms with Crippen molar-refractivity contribution in [3.05, 3.63) is 54.4 Å². The number of carbonyl (C=O) groups excluding carboxylic acids is 1. The summed E-state index contributed by atoms with van der Waals surface area (Å²) >= 11 is 0. The van der Waals surface area contributed by atoms with E-state index in [1.54, 1.807) is 13.3 Å². The van der Waals surface area contributed by atoms with Gasteiger partial charge in [-0.05, 0) is 29.7 Å². The van der Waals surface area contributed by atoms with Gasteiger partial charge in [0.25, 0.3) is 0 Å². The molecule has 0 bridgehead atoms. The van der Waals surface area contributed by atoms with Crippen LogP contribution >= 0.6 is 0 Å². The third-order valence-corrected chi connectivity index (χ3v) is 3.32. The Morgan fingerprint density at radius 1 is 1.24 bits per heavy atom. The maximum absolute atomic E-state index is 11.7. The number of ether oxygens (including phenoxy) is 1. The van der Waals surface area contributed by atoms with E-state index in [4.69, 9.17) is 4.74 Å². The predicted octanol–water partition coefficient (Wildman–Crippen LogP) is 2.96. The van der Waals surface area contributed by atoms with Gasteiger partial charge in [0.1, 0.15) is 0 Å². The fraction of sp³-hybridized carbons (Fsp3) is 0.294. The Balaban J connectivity index is 2.00. The summed E-state index contributed by atoms with van der Waals surface area (Å²) in [7, 11) is 1.59. The molecular formula is C17H20N2O2. The smallest absolute Gasteiger partial charge is 0.222 e. The Labute approximate surface area is 125 Å². The number of carbonyl (C=O) groups is 1. The van der Waals surface area contributed by atoms with Crippen molar-refractivity contribution >= 4 is 5.91 Å². The predicted molar refractivity (Wildman–Crippen MR) is 82.7 cm³/mol. The zero-order chi connectivity index (χ0) is 15.1. The minimum absolute atomic E-state index is 0.000635. The van der Waals surface area contributed by atoms with Gasteiger partial charge in [-0.3, -0.25) is 9.78 Å². The molecule has 1 aromatic heterocycles. The molecule has 110 valence electrons. The molecule has 0 aliphatic carbocycles. The van der Waals surface area contributed by atoms with Gasteiger partial charge in [0.2, 0.25) is 5.91 Å². The molecule has 0 radical (unpaired) electrons. The van der Waals surface area contributed by atoms with Crippen LogP contribution in [0.5, 0.6) is 0 Å². The molecule has 1 amide bonds. The van der Waals surface area contributed by atoms with Gasteiger partial charge in [-0.1, -0.05) is 30.3 Å². The van der Waals surface area contributed by atoms with E-state index in [0.29, 0.717) is 13.0 Å². The highest BCUT2D eigenvalue weighted by atomic mass is 16.5. The molecule has 4 heteroatoms. The Hall–Kier alpha value is -2.20. The van der Waals surface area contributed by atoms with Gasteiger partial charge in [-0.15, -0.1) is 0 Å². The monoisotopic (exact) mass is 284 g/mol. The Morgan fingerprint density at radius 3 is 2.62 bits per heavy atom. The fourth-order valence-electron chi connectivity index (χ4n) is 2.09. The van der Waals surface area contributed by atoms with Gasteiger partial charge in [0, 0.05) is 25.9 Å². The number of aromatic nitrogens is 1. The summed E-state index contributed by atoms with van der Waals surface area (Å²) in [5, 5.41) is 2.96. The molecular weight excluding hydrogens is 264 g/mol. The summed E-state index contributed by atoms with van der Waals surface area (Å²) in [4.78, 5) is 15.8. The van der Waals surface area contributed by atoms with Gasteiger partial charge in [0.15, 0.2) is 0 Å². The minimum atomic E-state index is -0.0164. The van der Waals surface area contributed by atoms with Gasteiger partial charge < -0.3 is 10.1 Å². The zero-order valence-corrected chi connectivity index (χ0v) is 12.4. The van der Waals surface area contributed by atoms with Crippen LogP contribution in [0.25, 0.3) is 11.1 Å². The Kier molecular flexibility index (Phi) is 5.46. The first kappa shape index (κ1) is 15.2. The first-order valence-corrected chi connectivity index (χ1v) is 6.99. The van der Waals surface area contributed by atoms with Crippen LogP contribution in [-0.4, -0.2) is 24.6 Å². The number of nitrogens with zero attached hydrogens (tertiary/aromatic N) is 1. The standard InChI is InChI=1S/C17H20N2O2/c1-13(19-17(20)9-11-21-2)14-5-7-15(8-6-14)16-4-3-10-18-12-16/h3-8,10,12-13H,9,11H2,1-2H3,(H,19,20)/t13-/m0/s1. The Bertz CT molecular complexity index is 567. The van der Waals surface area contributed by atoms with Crippen LogP contribution in [0, 0.1) is 0 Å². The van der Waals surface area contributed by atoms with Crippen molar-refractivity contribution in [2.75, 3.05) is 13.7 Å². The molecule has 4 nitrogen and oxygen atoms in total. The van der Waals surface area contributed by atoms with Crippen LogP contribution in [0.1, 0.15) is 24.9 Å². The molecule has 0 saturated carbocycles. The van der Waals surface area contributed by atoms with E-state index in [-0.39, 0.29) is 11.9 Å². The first-order chi connectivity index (χ1) is 10.2. The second-order valence-electron chi connectivity index (χ2n) is 4.90. The molecule has 0 aliphatic rings. The molecule has 1 heterocycles. The van der Waals surface area contributed by atoms with E-state index in [0.717, 1.165) is 16.7 Å². The van der Waals surface area contributed by atoms with Crippen LogP contribution in [0.15, 0.2) is 48.8 Å². The molecule has 2 rings (SSSR count). The van der Waals surface area contributed by atoms with Gasteiger partial charge in [-0.25, -0.2) is 0 Å². The van der Waals surface area contributed by atoms with Gasteiger partial charge in [-0.2, -0.15) is 0 Å². The molecule has 21 heavy (non-hydrogen) atoms. The van der Waals surface area contributed by atoms with Gasteiger partial charge >= 0.3 is 0 Å². The third-order valence-electron chi connectivity index (χ3n) is 3.32. The van der Waals surface area contributed by atoms with Crippen molar-refractivity contribution < 1.29 is 9.53 Å². The molecule has 1 atom stereocenters. The molecule has 0 spiro atoms. The van der Waals surface area contributed by atoms with Gasteiger partial charge in [0.05, 0.1) is 12.6 Å². The van der Waals surface area contributed by atoms with E-state index < -0.39 is 0 Å². The molecule has 1 N–H and O–H groups in total. The number of pyridine rings is 1. The molecule has 0 saturated heterocycles. The highest BCUT2D eigenvalue weighted by molar-refractivity contribution is 5.76. The quantitative estimate of drug-likeness (QED) is 0.887. The summed E-state index contributed by atoms with van der Waals surface area (Å²) in [6.45, 7) is 2.42. The van der Waals surface area contributed by atoms with E-state index in [1.165, 1.54) is 0 Å². The van der Waals surface area contributed by atoms with Crippen molar-refractivity contribution in [2.45, 2.75) is 19.4 Å². The largest absolute Gasteiger partial charge is 0.384 e. The first-order valence-electron chi connectivity index (χ1n) is 6.99. The maximum Gasteiger partial charge on any atom is 0.222 e. The van der Waals surface area contributed by atoms with Crippen molar-refractivity contribution in [2.24, 2.45) is 0 Å². The summed E-state index contributed by atoms with van der Waals surface area (Å²) in [5.41, 5.74) is 3.28. The second-order valence-corrected chi connectivity index (χ2v) is 4.90. The lowest BCUT2D eigenvalue weighted by Crippen LogP contribution is -2.27. The summed E-state index contributed by atoms with van der Waals surface area (Å²) in [5.74, 6) is 0.000635. The van der Waals surface area contributed by atoms with Crippen LogP contribution < -0.4 is 5.32 Å². The summed E-state index contributed by atoms with van der Waals surface area (Å²) < 4.78 is 4.90. The van der Waals surface area contributed by atoms with Crippen LogP contribution in [0.3, 0.4) is 0 Å². The molecule has 0 unspecified atom stereocenters. The lowest BCUT2D eigenvalue weighted by molar-refractivity contribution is -0.122. The number of benzene rings is 1. The molecule has 1 aromatic carbocycles. The van der Waals surface area contributed by atoms with Crippen LogP contribution in [0.2, 0.25) is 0 Å². The normalized spacial score (nSPS) is 11.9. The third kappa shape index (κ3) is 4.39. The van der Waals surface area contributed by atoms with E-state index >= 15 is 0 Å². The Morgan fingerprint density at radius 2 is 2.00 bits per heavy atom. The number of rotatable bonds is 6. The zero-order valence-electron chi connectivity index (χ0n) is 12.4. The highest BCUT2D eigenvalue weighted by Gasteiger charge is 2.09. The van der Waals surface area contributed by atoms with Crippen molar-refractivity contribution in [3.8, 4) is 11.1 Å². The van der Waals surface area contributed by atoms with E-state index in [2.05, 4.69) is 10.3 Å². The molecule has 0 aliphatic heterocycles. The van der Waals surface area contributed by atoms with Crippen LogP contribution in [0.4, 0.5) is 0 Å². The SMILES string of the molecule is COCCC(=O)N[C@@H](C)c1ccc(-c2cccnc2)cc1. The minimum Gasteiger partial charge on any atom is -0.384 e. The number of hydrogen-bond donors (Lipinski definition) is 1. The second kappa shape index (κ2) is 7.55. The number of hydrogen-bond acceptors (Lipinski definition) is 3. The topological polar surface area (TPSA) is 51.2 Å². The molecule has 0 fully saturated rings. The summed E-state index contributed by atoms with van der Waals surface area (Å²) in [6.07, 6.45) is 3.98. The number of methoxy groups -OCH3 is 1. The lowest BCUT2D eigenvalue weighted by Gasteiger charge is -2.14. The lowest BCUT2D eigenvalue weighted by atomic mass is 10.0. The fourth-order valence-corrected chi connectivity index (χ4v) is 2.09. The van der Waals surface area contributed by atoms with E-state index in [1.807, 2.05) is 49.5 Å². The maximum atomic E-state index is 11.7. The average molecular weight is 284 g/mol. The van der Waals surface area contributed by atoms with E-state index in [9.17, 15) is 4.79 Å². The highest BCUT2D eigenvalue weighted by Crippen LogP contribution is 2.21. The number of amides is 1. The average Bonchev–Trinajstić information content (AvgIpc) is 2.54. The number of nitrogens with one attached hydrogen (secondary N) is 1. The van der Waals surface area contributed by atoms with Crippen molar-refractivity contribution in [1.29, 1.82) is 0 Å². The molecule has 2 aromatic rings. The van der Waals surface area contributed by atoms with Crippen LogP contribution in [-0.2, 0) is 9.53 Å². The van der Waals surface area contributed by atoms with Crippen molar-refractivity contribution in [1.82, 2.24) is 10.3 Å². The van der Waals surface area contributed by atoms with Crippen molar-refractivity contribution in [3.63, 3.8) is 0 Å².